The summed E-state index contributed by atoms with van der Waals surface area (Å²) in [6.45, 7) is 6.54. The summed E-state index contributed by atoms with van der Waals surface area (Å²) in [6.07, 6.45) is 4.56. The molecule has 0 radical (unpaired) electrons. The number of benzene rings is 1. The number of aromatic nitrogens is 2. The van der Waals surface area contributed by atoms with Crippen molar-refractivity contribution in [1.82, 2.24) is 20.6 Å². The molecular formula is C18H24N4O. The maximum absolute atomic E-state index is 5.80. The summed E-state index contributed by atoms with van der Waals surface area (Å²) in [7, 11) is 0. The summed E-state index contributed by atoms with van der Waals surface area (Å²) >= 11 is 0. The molecule has 3 heterocycles. The minimum atomic E-state index is 0.276. The van der Waals surface area contributed by atoms with Crippen molar-refractivity contribution in [2.24, 2.45) is 5.92 Å². The van der Waals surface area contributed by atoms with Crippen LogP contribution in [0.4, 0.5) is 0 Å². The fourth-order valence-corrected chi connectivity index (χ4v) is 3.58. The highest BCUT2D eigenvalue weighted by Crippen LogP contribution is 2.29. The number of nitrogens with zero attached hydrogens (tertiary/aromatic N) is 2. The molecule has 23 heavy (non-hydrogen) atoms. The number of piperidine rings is 1. The van der Waals surface area contributed by atoms with Crippen molar-refractivity contribution in [3.8, 4) is 0 Å². The predicted octanol–water partition coefficient (Wildman–Crippen LogP) is 2.86. The van der Waals surface area contributed by atoms with Crippen LogP contribution in [0.3, 0.4) is 0 Å². The van der Waals surface area contributed by atoms with Crippen molar-refractivity contribution < 1.29 is 4.84 Å². The van der Waals surface area contributed by atoms with Gasteiger partial charge >= 0.3 is 0 Å². The molecule has 122 valence electrons. The van der Waals surface area contributed by atoms with Crippen LogP contribution in [-0.2, 0) is 4.84 Å². The van der Waals surface area contributed by atoms with E-state index >= 15 is 0 Å². The Morgan fingerprint density at radius 3 is 2.78 bits per heavy atom. The number of fused-ring (bicyclic) bond motifs is 1. The van der Waals surface area contributed by atoms with Crippen LogP contribution in [0.15, 0.2) is 30.3 Å². The molecule has 5 nitrogen and oxygen atoms in total. The second-order valence-corrected chi connectivity index (χ2v) is 6.81. The Bertz CT molecular complexity index is 728. The van der Waals surface area contributed by atoms with Gasteiger partial charge in [0, 0.05) is 11.5 Å². The van der Waals surface area contributed by atoms with E-state index in [1.54, 1.807) is 0 Å². The van der Waals surface area contributed by atoms with Gasteiger partial charge in [0.05, 0.1) is 17.3 Å². The Balaban J connectivity index is 1.69. The average Bonchev–Trinajstić information content (AvgIpc) is 3.20. The zero-order valence-electron chi connectivity index (χ0n) is 13.7. The second kappa shape index (κ2) is 5.98. The van der Waals surface area contributed by atoms with Crippen LogP contribution in [0.1, 0.15) is 38.3 Å². The molecule has 2 N–H and O–H groups in total. The molecule has 1 atom stereocenters. The fourth-order valence-electron chi connectivity index (χ4n) is 3.58. The van der Waals surface area contributed by atoms with Crippen molar-refractivity contribution in [1.29, 1.82) is 0 Å². The Labute approximate surface area is 136 Å². The molecule has 2 aromatic rings. The van der Waals surface area contributed by atoms with Gasteiger partial charge in [-0.25, -0.2) is 0 Å². The van der Waals surface area contributed by atoms with Gasteiger partial charge in [-0.2, -0.15) is 9.78 Å². The predicted molar refractivity (Wildman–Crippen MR) is 91.7 cm³/mol. The second-order valence-electron chi connectivity index (χ2n) is 6.81. The third-order valence-corrected chi connectivity index (χ3v) is 4.88. The third-order valence-electron chi connectivity index (χ3n) is 4.88. The van der Waals surface area contributed by atoms with Crippen LogP contribution in [0, 0.1) is 5.92 Å². The average molecular weight is 312 g/mol. The number of rotatable bonds is 3. The van der Waals surface area contributed by atoms with E-state index in [1.807, 2.05) is 4.68 Å². The van der Waals surface area contributed by atoms with Crippen molar-refractivity contribution in [2.75, 3.05) is 13.1 Å². The molecule has 0 spiro atoms. The van der Waals surface area contributed by atoms with Crippen LogP contribution in [0.2, 0.25) is 0 Å². The molecule has 0 amide bonds. The topological polar surface area (TPSA) is 51.1 Å². The van der Waals surface area contributed by atoms with E-state index in [0.29, 0.717) is 11.8 Å². The lowest BCUT2D eigenvalue weighted by atomic mass is 9.91. The van der Waals surface area contributed by atoms with E-state index in [0.717, 1.165) is 30.2 Å². The molecule has 5 heteroatoms. The van der Waals surface area contributed by atoms with Crippen LogP contribution >= 0.6 is 0 Å². The standard InChI is InChI=1S/C18H24N4O/c1-12(2)18-14-5-3-4-6-16(14)22(20-18)17-11-15(21-23-17)13-7-9-19-10-8-13/h3-6,11-13,15,19,21H,7-10H2,1-2H3. The molecule has 1 aromatic carbocycles. The highest BCUT2D eigenvalue weighted by atomic mass is 16.7. The molecule has 2 aliphatic rings. The van der Waals surface area contributed by atoms with E-state index in [2.05, 4.69) is 55.0 Å². The minimum Gasteiger partial charge on any atom is -0.388 e. The SMILES string of the molecule is CC(C)c1nn(C2=CC(C3CCNCC3)NO2)c2ccccc12. The Morgan fingerprint density at radius 1 is 1.22 bits per heavy atom. The summed E-state index contributed by atoms with van der Waals surface area (Å²) in [5.41, 5.74) is 5.42. The first-order chi connectivity index (χ1) is 11.2. The molecular weight excluding hydrogens is 288 g/mol. The first kappa shape index (κ1) is 14.7. The van der Waals surface area contributed by atoms with Gasteiger partial charge in [-0.3, -0.25) is 0 Å². The molecule has 0 saturated carbocycles. The lowest BCUT2D eigenvalue weighted by Gasteiger charge is -2.25. The number of para-hydroxylation sites is 1. The zero-order chi connectivity index (χ0) is 15.8. The molecule has 1 fully saturated rings. The smallest absolute Gasteiger partial charge is 0.237 e. The normalized spacial score (nSPS) is 22.6. The van der Waals surface area contributed by atoms with Crippen LogP contribution < -0.4 is 10.8 Å². The Morgan fingerprint density at radius 2 is 2.00 bits per heavy atom. The molecule has 1 unspecified atom stereocenters. The van der Waals surface area contributed by atoms with Crippen molar-refractivity contribution in [2.45, 2.75) is 38.6 Å². The van der Waals surface area contributed by atoms with Crippen molar-refractivity contribution in [3.63, 3.8) is 0 Å². The molecule has 4 rings (SSSR count). The summed E-state index contributed by atoms with van der Waals surface area (Å²) in [5.74, 6) is 1.81. The summed E-state index contributed by atoms with van der Waals surface area (Å²) in [6, 6.07) is 8.65. The highest BCUT2D eigenvalue weighted by molar-refractivity contribution is 5.84. The molecule has 0 bridgehead atoms. The monoisotopic (exact) mass is 312 g/mol. The van der Waals surface area contributed by atoms with Gasteiger partial charge in [-0.05, 0) is 43.8 Å². The van der Waals surface area contributed by atoms with Gasteiger partial charge in [-0.15, -0.1) is 5.48 Å². The van der Waals surface area contributed by atoms with E-state index in [1.165, 1.54) is 18.2 Å². The lowest BCUT2D eigenvalue weighted by Crippen LogP contribution is -2.38. The largest absolute Gasteiger partial charge is 0.388 e. The number of hydrogen-bond acceptors (Lipinski definition) is 4. The van der Waals surface area contributed by atoms with Crippen LogP contribution in [0.5, 0.6) is 0 Å². The van der Waals surface area contributed by atoms with Gasteiger partial charge in [0.1, 0.15) is 0 Å². The van der Waals surface area contributed by atoms with Crippen molar-refractivity contribution in [3.05, 3.63) is 36.0 Å². The highest BCUT2D eigenvalue weighted by Gasteiger charge is 2.29. The van der Waals surface area contributed by atoms with Crippen LogP contribution in [-0.4, -0.2) is 28.9 Å². The van der Waals surface area contributed by atoms with E-state index < -0.39 is 0 Å². The van der Waals surface area contributed by atoms with Gasteiger partial charge in [0.2, 0.25) is 5.88 Å². The van der Waals surface area contributed by atoms with Gasteiger partial charge in [0.15, 0.2) is 0 Å². The molecule has 1 aromatic heterocycles. The zero-order valence-corrected chi connectivity index (χ0v) is 13.7. The van der Waals surface area contributed by atoms with E-state index in [4.69, 9.17) is 9.94 Å². The summed E-state index contributed by atoms with van der Waals surface area (Å²) in [4.78, 5) is 5.80. The van der Waals surface area contributed by atoms with E-state index in [-0.39, 0.29) is 6.04 Å². The first-order valence-electron chi connectivity index (χ1n) is 8.57. The molecule has 1 saturated heterocycles. The van der Waals surface area contributed by atoms with Crippen molar-refractivity contribution >= 4 is 16.8 Å². The summed E-state index contributed by atoms with van der Waals surface area (Å²) < 4.78 is 1.94. The van der Waals surface area contributed by atoms with Crippen LogP contribution in [0.25, 0.3) is 16.8 Å². The third kappa shape index (κ3) is 2.64. The first-order valence-corrected chi connectivity index (χ1v) is 8.57. The molecule has 2 aliphatic heterocycles. The Kier molecular flexibility index (Phi) is 3.83. The van der Waals surface area contributed by atoms with E-state index in [9.17, 15) is 0 Å². The maximum atomic E-state index is 5.80. The van der Waals surface area contributed by atoms with Gasteiger partial charge < -0.3 is 10.2 Å². The summed E-state index contributed by atoms with van der Waals surface area (Å²) in [5, 5.41) is 9.44. The van der Waals surface area contributed by atoms with Gasteiger partial charge in [0.25, 0.3) is 0 Å². The number of hydrogen-bond donors (Lipinski definition) is 2. The fraction of sp³-hybridized carbons (Fsp3) is 0.500. The quantitative estimate of drug-likeness (QED) is 0.915. The molecule has 0 aliphatic carbocycles. The lowest BCUT2D eigenvalue weighted by molar-refractivity contribution is 0.120. The minimum absolute atomic E-state index is 0.276. The van der Waals surface area contributed by atoms with Gasteiger partial charge in [-0.1, -0.05) is 32.0 Å². The number of hydroxylamine groups is 1. The maximum Gasteiger partial charge on any atom is 0.237 e. The number of nitrogens with one attached hydrogen (secondary N) is 2. The Hall–Kier alpha value is -1.85.